The van der Waals surface area contributed by atoms with Crippen LogP contribution in [-0.4, -0.2) is 17.4 Å². The molecule has 0 aliphatic carbocycles. The van der Waals surface area contributed by atoms with Crippen molar-refractivity contribution in [1.82, 2.24) is 4.90 Å². The lowest BCUT2D eigenvalue weighted by Gasteiger charge is -2.25. The number of carbonyl (C=O) groups is 1. The van der Waals surface area contributed by atoms with Crippen LogP contribution in [0.4, 0.5) is 0 Å². The second-order valence-corrected chi connectivity index (χ2v) is 8.45. The zero-order valence-corrected chi connectivity index (χ0v) is 18.9. The molecule has 33 heavy (non-hydrogen) atoms. The number of hydrogen-bond donors (Lipinski definition) is 0. The van der Waals surface area contributed by atoms with E-state index in [1.54, 1.807) is 4.90 Å². The van der Waals surface area contributed by atoms with Gasteiger partial charge in [0.15, 0.2) is 5.43 Å². The molecular formula is C28H25NO4. The van der Waals surface area contributed by atoms with Crippen LogP contribution in [0.3, 0.4) is 0 Å². The van der Waals surface area contributed by atoms with Crippen LogP contribution in [0.15, 0.2) is 75.9 Å². The van der Waals surface area contributed by atoms with Crippen LogP contribution in [0.2, 0.25) is 0 Å². The second kappa shape index (κ2) is 8.24. The molecule has 0 saturated heterocycles. The molecule has 0 bridgehead atoms. The fraction of sp³-hybridized carbons (Fsp3) is 0.214. The predicted molar refractivity (Wildman–Crippen MR) is 128 cm³/mol. The van der Waals surface area contributed by atoms with E-state index in [0.29, 0.717) is 29.7 Å². The summed E-state index contributed by atoms with van der Waals surface area (Å²) in [5.74, 6) is 0.607. The summed E-state index contributed by atoms with van der Waals surface area (Å²) < 4.78 is 11.7. The Labute approximate surface area is 192 Å². The molecule has 0 fully saturated rings. The summed E-state index contributed by atoms with van der Waals surface area (Å²) >= 11 is 0. The molecule has 4 aromatic rings. The fourth-order valence-corrected chi connectivity index (χ4v) is 4.72. The molecule has 0 saturated carbocycles. The van der Waals surface area contributed by atoms with Crippen molar-refractivity contribution in [3.05, 3.63) is 111 Å². The Morgan fingerprint density at radius 2 is 1.70 bits per heavy atom. The lowest BCUT2D eigenvalue weighted by molar-refractivity contribution is 0.0714. The third-order valence-corrected chi connectivity index (χ3v) is 6.11. The molecule has 5 rings (SSSR count). The van der Waals surface area contributed by atoms with Crippen molar-refractivity contribution in [2.24, 2.45) is 0 Å². The Morgan fingerprint density at radius 3 is 2.39 bits per heavy atom. The fourth-order valence-electron chi connectivity index (χ4n) is 4.72. The normalized spacial score (nSPS) is 15.2. The summed E-state index contributed by atoms with van der Waals surface area (Å²) in [7, 11) is 0. The molecule has 3 aromatic carbocycles. The highest BCUT2D eigenvalue weighted by Crippen LogP contribution is 2.40. The number of amides is 1. The molecule has 5 heteroatoms. The third-order valence-electron chi connectivity index (χ3n) is 6.11. The van der Waals surface area contributed by atoms with E-state index >= 15 is 0 Å². The van der Waals surface area contributed by atoms with Gasteiger partial charge in [0.2, 0.25) is 5.76 Å². The molecule has 1 aliphatic rings. The minimum absolute atomic E-state index is 0.132. The van der Waals surface area contributed by atoms with Crippen molar-refractivity contribution >= 4 is 16.9 Å². The average Bonchev–Trinajstić information content (AvgIpc) is 3.07. The molecule has 1 atom stereocenters. The van der Waals surface area contributed by atoms with E-state index < -0.39 is 6.04 Å². The first-order valence-corrected chi connectivity index (χ1v) is 11.1. The van der Waals surface area contributed by atoms with Gasteiger partial charge in [0.1, 0.15) is 11.3 Å². The molecule has 1 unspecified atom stereocenters. The minimum atomic E-state index is -0.537. The van der Waals surface area contributed by atoms with Gasteiger partial charge in [0.05, 0.1) is 23.6 Å². The summed E-state index contributed by atoms with van der Waals surface area (Å²) in [5, 5.41) is 0.532. The van der Waals surface area contributed by atoms with Gasteiger partial charge in [-0.15, -0.1) is 0 Å². The van der Waals surface area contributed by atoms with Gasteiger partial charge in [-0.2, -0.15) is 0 Å². The van der Waals surface area contributed by atoms with Gasteiger partial charge in [0.25, 0.3) is 5.91 Å². The van der Waals surface area contributed by atoms with Crippen LogP contribution >= 0.6 is 0 Å². The van der Waals surface area contributed by atoms with Crippen LogP contribution in [0.1, 0.15) is 51.3 Å². The van der Waals surface area contributed by atoms with Gasteiger partial charge >= 0.3 is 0 Å². The van der Waals surface area contributed by atoms with Gasteiger partial charge in [-0.3, -0.25) is 9.59 Å². The van der Waals surface area contributed by atoms with E-state index in [9.17, 15) is 9.59 Å². The molecule has 2 heterocycles. The first kappa shape index (κ1) is 21.0. The third kappa shape index (κ3) is 3.59. The highest BCUT2D eigenvalue weighted by molar-refractivity contribution is 5.99. The minimum Gasteiger partial charge on any atom is -0.494 e. The van der Waals surface area contributed by atoms with Crippen molar-refractivity contribution in [1.29, 1.82) is 0 Å². The zero-order chi connectivity index (χ0) is 23.1. The van der Waals surface area contributed by atoms with Crippen molar-refractivity contribution in [2.75, 3.05) is 6.61 Å². The summed E-state index contributed by atoms with van der Waals surface area (Å²) in [6.07, 6.45) is 0. The van der Waals surface area contributed by atoms with Crippen LogP contribution in [0.25, 0.3) is 11.0 Å². The van der Waals surface area contributed by atoms with E-state index in [4.69, 9.17) is 9.15 Å². The molecule has 0 radical (unpaired) electrons. The van der Waals surface area contributed by atoms with Gasteiger partial charge < -0.3 is 14.1 Å². The quantitative estimate of drug-likeness (QED) is 0.409. The lowest BCUT2D eigenvalue weighted by Crippen LogP contribution is -2.29. The molecule has 0 spiro atoms. The number of ether oxygens (including phenoxy) is 1. The topological polar surface area (TPSA) is 59.8 Å². The van der Waals surface area contributed by atoms with Crippen LogP contribution < -0.4 is 10.2 Å². The standard InChI is InChI=1S/C28H25NO4/c1-4-32-21-12-10-20(11-13-21)25-24-26(30)23-18(3)14-17(2)15-22(23)33-27(24)28(31)29(25)16-19-8-6-5-7-9-19/h5-15,25H,4,16H2,1-3H3. The molecule has 1 amide bonds. The number of carbonyl (C=O) groups excluding carboxylic acids is 1. The monoisotopic (exact) mass is 439 g/mol. The first-order chi connectivity index (χ1) is 16.0. The Hall–Kier alpha value is -3.86. The predicted octanol–water partition coefficient (Wildman–Crippen LogP) is 5.55. The first-order valence-electron chi connectivity index (χ1n) is 11.1. The molecule has 166 valence electrons. The largest absolute Gasteiger partial charge is 0.494 e. The summed E-state index contributed by atoms with van der Waals surface area (Å²) in [6.45, 7) is 6.73. The molecular weight excluding hydrogens is 414 g/mol. The summed E-state index contributed by atoms with van der Waals surface area (Å²) in [5.41, 5.74) is 4.37. The van der Waals surface area contributed by atoms with Gasteiger partial charge in [-0.25, -0.2) is 0 Å². The van der Waals surface area contributed by atoms with E-state index in [1.165, 1.54) is 0 Å². The second-order valence-electron chi connectivity index (χ2n) is 8.45. The number of rotatable bonds is 5. The molecule has 1 aliphatic heterocycles. The van der Waals surface area contributed by atoms with E-state index in [-0.39, 0.29) is 17.1 Å². The Morgan fingerprint density at radius 1 is 0.970 bits per heavy atom. The number of nitrogens with zero attached hydrogens (tertiary/aromatic N) is 1. The summed E-state index contributed by atoms with van der Waals surface area (Å²) in [4.78, 5) is 29.1. The lowest BCUT2D eigenvalue weighted by atomic mass is 9.96. The number of aryl methyl sites for hydroxylation is 2. The van der Waals surface area contributed by atoms with Crippen molar-refractivity contribution in [2.45, 2.75) is 33.4 Å². The van der Waals surface area contributed by atoms with Crippen LogP contribution in [-0.2, 0) is 6.54 Å². The highest BCUT2D eigenvalue weighted by atomic mass is 16.5. The van der Waals surface area contributed by atoms with Crippen LogP contribution in [0.5, 0.6) is 5.75 Å². The van der Waals surface area contributed by atoms with Gasteiger partial charge in [-0.1, -0.05) is 48.5 Å². The summed E-state index contributed by atoms with van der Waals surface area (Å²) in [6, 6.07) is 20.6. The van der Waals surface area contributed by atoms with Crippen molar-refractivity contribution < 1.29 is 13.9 Å². The SMILES string of the molecule is CCOc1ccc(C2c3c(oc4cc(C)cc(C)c4c3=O)C(=O)N2Cc2ccccc2)cc1. The number of fused-ring (bicyclic) bond motifs is 2. The maximum atomic E-state index is 13.8. The van der Waals surface area contributed by atoms with E-state index in [1.807, 2.05) is 87.5 Å². The van der Waals surface area contributed by atoms with Crippen molar-refractivity contribution in [3.63, 3.8) is 0 Å². The molecule has 1 aromatic heterocycles. The smallest absolute Gasteiger partial charge is 0.291 e. The molecule has 0 N–H and O–H groups in total. The molecule has 5 nitrogen and oxygen atoms in total. The number of hydrogen-bond acceptors (Lipinski definition) is 4. The maximum Gasteiger partial charge on any atom is 0.291 e. The average molecular weight is 440 g/mol. The van der Waals surface area contributed by atoms with E-state index in [0.717, 1.165) is 28.0 Å². The van der Waals surface area contributed by atoms with Crippen molar-refractivity contribution in [3.8, 4) is 5.75 Å². The number of benzene rings is 3. The maximum absolute atomic E-state index is 13.8. The highest BCUT2D eigenvalue weighted by Gasteiger charge is 2.42. The zero-order valence-electron chi connectivity index (χ0n) is 18.9. The van der Waals surface area contributed by atoms with E-state index in [2.05, 4.69) is 0 Å². The Kier molecular flexibility index (Phi) is 5.25. The Balaban J connectivity index is 1.72. The Bertz CT molecular complexity index is 1400. The van der Waals surface area contributed by atoms with Gasteiger partial charge in [-0.05, 0) is 61.2 Å². The van der Waals surface area contributed by atoms with Crippen LogP contribution in [0, 0.1) is 13.8 Å². The van der Waals surface area contributed by atoms with Gasteiger partial charge in [0, 0.05) is 6.54 Å².